The van der Waals surface area contributed by atoms with Gasteiger partial charge in [0, 0.05) is 42.2 Å². The number of anilines is 3. The van der Waals surface area contributed by atoms with Gasteiger partial charge in [0.1, 0.15) is 12.2 Å². The minimum Gasteiger partial charge on any atom is -0.453 e. The quantitative estimate of drug-likeness (QED) is 0.0842. The molecule has 4 rings (SSSR count). The van der Waals surface area contributed by atoms with E-state index in [-0.39, 0.29) is 17.7 Å². The Labute approximate surface area is 255 Å². The van der Waals surface area contributed by atoms with E-state index in [4.69, 9.17) is 15.6 Å². The number of fused-ring (bicyclic) bond motifs is 4. The highest BCUT2D eigenvalue weighted by molar-refractivity contribution is 5.97. The zero-order valence-electron chi connectivity index (χ0n) is 25.0. The van der Waals surface area contributed by atoms with Crippen LogP contribution >= 0.6 is 0 Å². The second-order valence-corrected chi connectivity index (χ2v) is 10.6. The Morgan fingerprint density at radius 2 is 2.05 bits per heavy atom. The van der Waals surface area contributed by atoms with Gasteiger partial charge in [-0.15, -0.1) is 5.10 Å². The Bertz CT molecular complexity index is 1580. The van der Waals surface area contributed by atoms with Crippen molar-refractivity contribution in [2.24, 2.45) is 22.0 Å². The predicted molar refractivity (Wildman–Crippen MR) is 172 cm³/mol. The molecule has 0 unspecified atom stereocenters. The molecule has 3 amide bonds. The lowest BCUT2D eigenvalue weighted by Crippen LogP contribution is -2.29. The number of rotatable bonds is 7. The fraction of sp³-hybridized carbons (Fsp3) is 0.290. The molecule has 2 aromatic carbocycles. The van der Waals surface area contributed by atoms with Crippen molar-refractivity contribution in [2.45, 2.75) is 45.6 Å². The molecule has 6 N–H and O–H groups in total. The summed E-state index contributed by atoms with van der Waals surface area (Å²) in [5.41, 5.74) is 4.53. The molecule has 3 aromatic rings. The third-order valence-corrected chi connectivity index (χ3v) is 7.10. The van der Waals surface area contributed by atoms with Gasteiger partial charge in [0.2, 0.25) is 11.8 Å². The summed E-state index contributed by atoms with van der Waals surface area (Å²) in [6.45, 7) is 7.28. The van der Waals surface area contributed by atoms with E-state index in [0.717, 1.165) is 24.0 Å². The van der Waals surface area contributed by atoms with Crippen LogP contribution in [0.15, 0.2) is 58.9 Å². The van der Waals surface area contributed by atoms with Crippen molar-refractivity contribution in [3.63, 3.8) is 0 Å². The molecule has 0 spiro atoms. The van der Waals surface area contributed by atoms with E-state index in [9.17, 15) is 14.4 Å². The summed E-state index contributed by atoms with van der Waals surface area (Å²) in [5.74, 6) is 6.34. The molecular formula is C31H37N9O4. The van der Waals surface area contributed by atoms with Crippen LogP contribution in [-0.4, -0.2) is 48.0 Å². The number of amides is 3. The molecule has 2 bridgehead atoms. The molecule has 230 valence electrons. The summed E-state index contributed by atoms with van der Waals surface area (Å²) in [7, 11) is 1.28. The number of carbonyl (C=O) groups is 3. The first kappa shape index (κ1) is 31.6. The Hall–Kier alpha value is -5.30. The van der Waals surface area contributed by atoms with Crippen molar-refractivity contribution in [2.75, 3.05) is 22.8 Å². The van der Waals surface area contributed by atoms with Gasteiger partial charge in [0.15, 0.2) is 0 Å². The topological polar surface area (TPSA) is 179 Å². The molecule has 1 aromatic heterocycles. The van der Waals surface area contributed by atoms with Crippen LogP contribution in [-0.2, 0) is 14.3 Å². The van der Waals surface area contributed by atoms with Crippen LogP contribution in [0.25, 0.3) is 17.3 Å². The molecular weight excluding hydrogens is 562 g/mol. The number of H-pyrrole nitrogens is 1. The number of hydrogen-bond donors (Lipinski definition) is 5. The van der Waals surface area contributed by atoms with Gasteiger partial charge >= 0.3 is 6.09 Å². The Kier molecular flexibility index (Phi) is 10.6. The van der Waals surface area contributed by atoms with Crippen molar-refractivity contribution in [3.8, 4) is 11.3 Å². The molecule has 0 fully saturated rings. The number of aryl methyl sites for hydroxylation is 1. The highest BCUT2D eigenvalue weighted by atomic mass is 16.5. The zero-order chi connectivity index (χ0) is 31.6. The van der Waals surface area contributed by atoms with Gasteiger partial charge in [-0.05, 0) is 55.7 Å². The fourth-order valence-corrected chi connectivity index (χ4v) is 4.92. The minimum atomic E-state index is -0.623. The van der Waals surface area contributed by atoms with Gasteiger partial charge < -0.3 is 20.4 Å². The average Bonchev–Trinajstić information content (AvgIpc) is 3.48. The highest BCUT2D eigenvalue weighted by Crippen LogP contribution is 2.32. The Balaban J connectivity index is 1.60. The van der Waals surface area contributed by atoms with Crippen molar-refractivity contribution in [1.29, 1.82) is 0 Å². The van der Waals surface area contributed by atoms with Gasteiger partial charge in [0.05, 0.1) is 30.2 Å². The SMILES string of the molecule is C=N/N=C\N(N)c1ccc(C)cc1/C=C/C(=O)N[C@H]1CCC[C@@H](C)CC(=O)Nc2cc(NC(=O)OC)ccc2-c2c[nH]c1n2. The number of hydrogen-bond acceptors (Lipinski definition) is 8. The number of methoxy groups -OCH3 is 1. The number of hydrazine groups is 1. The minimum absolute atomic E-state index is 0.108. The number of aromatic amines is 1. The molecule has 13 heteroatoms. The predicted octanol–water partition coefficient (Wildman–Crippen LogP) is 4.91. The third kappa shape index (κ3) is 8.38. The average molecular weight is 600 g/mol. The lowest BCUT2D eigenvalue weighted by molar-refractivity contribution is -0.117. The zero-order valence-corrected chi connectivity index (χ0v) is 25.0. The number of nitrogens with zero attached hydrogens (tertiary/aromatic N) is 4. The van der Waals surface area contributed by atoms with E-state index in [1.807, 2.05) is 32.0 Å². The summed E-state index contributed by atoms with van der Waals surface area (Å²) >= 11 is 0. The number of ether oxygens (including phenoxy) is 1. The van der Waals surface area contributed by atoms with Crippen LogP contribution in [0.5, 0.6) is 0 Å². The maximum Gasteiger partial charge on any atom is 0.411 e. The fourth-order valence-electron chi connectivity index (χ4n) is 4.92. The van der Waals surface area contributed by atoms with E-state index in [1.165, 1.54) is 24.5 Å². The smallest absolute Gasteiger partial charge is 0.411 e. The molecule has 2 atom stereocenters. The first-order valence-electron chi connectivity index (χ1n) is 14.1. The Morgan fingerprint density at radius 1 is 1.23 bits per heavy atom. The van der Waals surface area contributed by atoms with E-state index < -0.39 is 12.1 Å². The first-order chi connectivity index (χ1) is 21.2. The highest BCUT2D eigenvalue weighted by Gasteiger charge is 2.22. The largest absolute Gasteiger partial charge is 0.453 e. The van der Waals surface area contributed by atoms with Crippen molar-refractivity contribution in [1.82, 2.24) is 15.3 Å². The van der Waals surface area contributed by atoms with Crippen LogP contribution in [0.1, 0.15) is 55.6 Å². The molecule has 1 aliphatic rings. The van der Waals surface area contributed by atoms with E-state index in [2.05, 4.69) is 37.9 Å². The van der Waals surface area contributed by atoms with Gasteiger partial charge in [-0.25, -0.2) is 15.6 Å². The summed E-state index contributed by atoms with van der Waals surface area (Å²) in [6, 6.07) is 10.4. The Morgan fingerprint density at radius 3 is 2.82 bits per heavy atom. The van der Waals surface area contributed by atoms with Crippen LogP contribution in [0, 0.1) is 12.8 Å². The third-order valence-electron chi connectivity index (χ3n) is 7.10. The lowest BCUT2D eigenvalue weighted by atomic mass is 9.98. The maximum absolute atomic E-state index is 13.2. The summed E-state index contributed by atoms with van der Waals surface area (Å²) < 4.78 is 4.69. The number of benzene rings is 2. The van der Waals surface area contributed by atoms with Gasteiger partial charge in [0.25, 0.3) is 0 Å². The number of carbonyl (C=O) groups excluding carboxylic acids is 3. The molecule has 1 aliphatic heterocycles. The number of imidazole rings is 1. The monoisotopic (exact) mass is 599 g/mol. The van der Waals surface area contributed by atoms with Gasteiger partial charge in [-0.1, -0.05) is 31.4 Å². The molecule has 0 radical (unpaired) electrons. The first-order valence-corrected chi connectivity index (χ1v) is 14.1. The van der Waals surface area contributed by atoms with Crippen LogP contribution in [0.2, 0.25) is 0 Å². The second-order valence-electron chi connectivity index (χ2n) is 10.6. The summed E-state index contributed by atoms with van der Waals surface area (Å²) in [4.78, 5) is 45.8. The lowest BCUT2D eigenvalue weighted by Gasteiger charge is -2.18. The van der Waals surface area contributed by atoms with Crippen LogP contribution in [0.4, 0.5) is 21.9 Å². The standard InChI is InChI=1S/C31H37N9O4/c1-19-6-5-7-24(37-28(41)13-9-21-14-20(2)8-12-27(21)40(32)18-35-33-3)30-34-17-26(39-30)23-11-10-22(36-31(43)44-4)16-25(23)38-29(42)15-19/h8-14,16-19,24H,3,5-7,15,32H2,1-2,4H3,(H,34,39)(H,36,43)(H,37,41)(H,38,42)/b13-9+,35-18-/t19-,24+/m1/s1. The van der Waals surface area contributed by atoms with E-state index >= 15 is 0 Å². The van der Waals surface area contributed by atoms with E-state index in [0.29, 0.717) is 47.0 Å². The molecule has 0 aliphatic carbocycles. The van der Waals surface area contributed by atoms with Crippen molar-refractivity contribution >= 4 is 54.1 Å². The van der Waals surface area contributed by atoms with E-state index in [1.54, 1.807) is 30.5 Å². The summed E-state index contributed by atoms with van der Waals surface area (Å²) in [6.07, 6.45) is 8.06. The number of aromatic nitrogens is 2. The molecule has 13 nitrogen and oxygen atoms in total. The normalized spacial score (nSPS) is 17.0. The van der Waals surface area contributed by atoms with Crippen LogP contribution in [0.3, 0.4) is 0 Å². The number of nitrogens with two attached hydrogens (primary N) is 1. The number of nitrogens with one attached hydrogen (secondary N) is 4. The van der Waals surface area contributed by atoms with Crippen molar-refractivity contribution in [3.05, 3.63) is 65.6 Å². The molecule has 0 saturated carbocycles. The molecule has 0 saturated heterocycles. The maximum atomic E-state index is 13.2. The summed E-state index contributed by atoms with van der Waals surface area (Å²) in [5, 5.41) is 17.1. The molecule has 44 heavy (non-hydrogen) atoms. The van der Waals surface area contributed by atoms with Gasteiger partial charge in [-0.2, -0.15) is 5.10 Å². The molecule has 2 heterocycles. The second kappa shape index (κ2) is 14.7. The van der Waals surface area contributed by atoms with Gasteiger partial charge in [-0.3, -0.25) is 19.9 Å². The van der Waals surface area contributed by atoms with Crippen LogP contribution < -0.4 is 26.8 Å². The van der Waals surface area contributed by atoms with Crippen molar-refractivity contribution < 1.29 is 19.1 Å².